The van der Waals surface area contributed by atoms with Crippen LogP contribution in [0, 0.1) is 6.92 Å². The lowest BCUT2D eigenvalue weighted by atomic mass is 10.1. The van der Waals surface area contributed by atoms with Crippen LogP contribution in [0.15, 0.2) is 18.3 Å². The summed E-state index contributed by atoms with van der Waals surface area (Å²) >= 11 is 0. The van der Waals surface area contributed by atoms with Gasteiger partial charge >= 0.3 is 6.09 Å². The second kappa shape index (κ2) is 5.23. The number of nitrogens with zero attached hydrogens (tertiary/aromatic N) is 2. The zero-order chi connectivity index (χ0) is 15.9. The van der Waals surface area contributed by atoms with Gasteiger partial charge in [0.2, 0.25) is 0 Å². The summed E-state index contributed by atoms with van der Waals surface area (Å²) in [6.07, 6.45) is 3.50. The Labute approximate surface area is 130 Å². The third-order valence-corrected chi connectivity index (χ3v) is 3.51. The van der Waals surface area contributed by atoms with Crippen molar-refractivity contribution in [1.82, 2.24) is 9.97 Å². The average Bonchev–Trinajstić information content (AvgIpc) is 3.20. The summed E-state index contributed by atoms with van der Waals surface area (Å²) in [7, 11) is 0. The molecule has 5 nitrogen and oxygen atoms in total. The van der Waals surface area contributed by atoms with Crippen LogP contribution in [0.3, 0.4) is 0 Å². The van der Waals surface area contributed by atoms with Crippen LogP contribution in [0.4, 0.5) is 10.5 Å². The number of pyridine rings is 2. The summed E-state index contributed by atoms with van der Waals surface area (Å²) < 4.78 is 5.33. The Bertz CT molecular complexity index is 730. The number of anilines is 1. The van der Waals surface area contributed by atoms with E-state index in [1.807, 2.05) is 39.8 Å². The van der Waals surface area contributed by atoms with Crippen molar-refractivity contribution in [2.45, 2.75) is 52.1 Å². The number of fused-ring (bicyclic) bond motifs is 1. The number of carbonyl (C=O) groups is 1. The van der Waals surface area contributed by atoms with Crippen molar-refractivity contribution in [3.05, 3.63) is 29.6 Å². The summed E-state index contributed by atoms with van der Waals surface area (Å²) in [5, 5.41) is 2.84. The zero-order valence-corrected chi connectivity index (χ0v) is 13.4. The second-order valence-electron chi connectivity index (χ2n) is 6.81. The van der Waals surface area contributed by atoms with Gasteiger partial charge in [0.15, 0.2) is 0 Å². The largest absolute Gasteiger partial charge is 0.444 e. The molecular weight excluding hydrogens is 278 g/mol. The molecule has 0 saturated heterocycles. The number of ether oxygens (including phenoxy) is 1. The smallest absolute Gasteiger partial charge is 0.412 e. The van der Waals surface area contributed by atoms with Crippen LogP contribution < -0.4 is 5.32 Å². The Balaban J connectivity index is 1.99. The Morgan fingerprint density at radius 2 is 2.05 bits per heavy atom. The van der Waals surface area contributed by atoms with Crippen LogP contribution in [0.5, 0.6) is 0 Å². The van der Waals surface area contributed by atoms with Crippen molar-refractivity contribution in [3.63, 3.8) is 0 Å². The molecule has 0 radical (unpaired) electrons. The first kappa shape index (κ1) is 14.8. The van der Waals surface area contributed by atoms with Crippen LogP contribution >= 0.6 is 0 Å². The molecular formula is C17H21N3O2. The highest BCUT2D eigenvalue weighted by Crippen LogP contribution is 2.45. The molecule has 1 fully saturated rings. The van der Waals surface area contributed by atoms with Crippen molar-refractivity contribution in [2.24, 2.45) is 0 Å². The molecule has 1 N–H and O–H groups in total. The van der Waals surface area contributed by atoms with E-state index in [2.05, 4.69) is 15.3 Å². The first-order chi connectivity index (χ1) is 10.3. The molecule has 0 unspecified atom stereocenters. The molecule has 0 aliphatic heterocycles. The molecule has 116 valence electrons. The number of aryl methyl sites for hydroxylation is 1. The minimum atomic E-state index is -0.525. The van der Waals surface area contributed by atoms with Crippen molar-refractivity contribution in [1.29, 1.82) is 0 Å². The summed E-state index contributed by atoms with van der Waals surface area (Å²) in [4.78, 5) is 21.1. The highest BCUT2D eigenvalue weighted by Gasteiger charge is 2.30. The Morgan fingerprint density at radius 3 is 2.68 bits per heavy atom. The summed E-state index contributed by atoms with van der Waals surface area (Å²) in [5.41, 5.74) is 3.97. The van der Waals surface area contributed by atoms with Gasteiger partial charge in [-0.3, -0.25) is 15.3 Å². The van der Waals surface area contributed by atoms with Gasteiger partial charge in [-0.15, -0.1) is 0 Å². The fraction of sp³-hybridized carbons (Fsp3) is 0.471. The van der Waals surface area contributed by atoms with E-state index in [1.54, 1.807) is 6.20 Å². The molecule has 0 bridgehead atoms. The number of aromatic nitrogens is 2. The maximum absolute atomic E-state index is 12.0. The Hall–Kier alpha value is -2.17. The van der Waals surface area contributed by atoms with E-state index in [1.165, 1.54) is 0 Å². The third-order valence-electron chi connectivity index (χ3n) is 3.51. The van der Waals surface area contributed by atoms with Crippen molar-refractivity contribution < 1.29 is 9.53 Å². The maximum Gasteiger partial charge on any atom is 0.412 e. The summed E-state index contributed by atoms with van der Waals surface area (Å²) in [5.74, 6) is 0.449. The molecule has 0 spiro atoms. The van der Waals surface area contributed by atoms with Crippen molar-refractivity contribution >= 4 is 22.8 Å². The molecule has 1 aliphatic rings. The monoisotopic (exact) mass is 299 g/mol. The summed E-state index contributed by atoms with van der Waals surface area (Å²) in [6, 6.07) is 3.92. The number of hydrogen-bond acceptors (Lipinski definition) is 4. The minimum Gasteiger partial charge on any atom is -0.444 e. The van der Waals surface area contributed by atoms with Crippen LogP contribution in [-0.4, -0.2) is 21.7 Å². The van der Waals surface area contributed by atoms with Gasteiger partial charge in [-0.2, -0.15) is 0 Å². The first-order valence-corrected chi connectivity index (χ1v) is 7.60. The Kier molecular flexibility index (Phi) is 3.51. The highest BCUT2D eigenvalue weighted by atomic mass is 16.6. The van der Waals surface area contributed by atoms with Crippen LogP contribution in [0.1, 0.15) is 50.8 Å². The van der Waals surface area contributed by atoms with E-state index in [0.717, 1.165) is 35.1 Å². The van der Waals surface area contributed by atoms with Crippen LogP contribution in [0.2, 0.25) is 0 Å². The lowest BCUT2D eigenvalue weighted by Crippen LogP contribution is -2.27. The molecule has 2 aromatic heterocycles. The summed E-state index contributed by atoms with van der Waals surface area (Å²) in [6.45, 7) is 7.50. The standard InChI is InChI=1S/C17H21N3O2/c1-10-5-8-12-15(19-10)14(11-6-7-11)13(9-18-12)20-16(21)22-17(2,3)4/h5,8-9,11H,6-7H2,1-4H3,(H,20,21). The Morgan fingerprint density at radius 1 is 1.32 bits per heavy atom. The molecule has 3 rings (SSSR count). The lowest BCUT2D eigenvalue weighted by molar-refractivity contribution is 0.0636. The lowest BCUT2D eigenvalue weighted by Gasteiger charge is -2.20. The van der Waals surface area contributed by atoms with Gasteiger partial charge in [0, 0.05) is 11.3 Å². The van der Waals surface area contributed by atoms with Gasteiger partial charge in [-0.1, -0.05) is 0 Å². The average molecular weight is 299 g/mol. The van der Waals surface area contributed by atoms with Crippen LogP contribution in [-0.2, 0) is 4.74 Å². The highest BCUT2D eigenvalue weighted by molar-refractivity contribution is 5.91. The molecule has 2 heterocycles. The van der Waals surface area contributed by atoms with Crippen molar-refractivity contribution in [2.75, 3.05) is 5.32 Å². The van der Waals surface area contributed by atoms with Gasteiger partial charge < -0.3 is 4.74 Å². The number of nitrogens with one attached hydrogen (secondary N) is 1. The predicted molar refractivity (Wildman–Crippen MR) is 86.1 cm³/mol. The van der Waals surface area contributed by atoms with E-state index in [9.17, 15) is 4.79 Å². The van der Waals surface area contributed by atoms with E-state index in [-0.39, 0.29) is 0 Å². The number of carbonyl (C=O) groups excluding carboxylic acids is 1. The van der Waals surface area contributed by atoms with E-state index in [0.29, 0.717) is 11.6 Å². The van der Waals surface area contributed by atoms with Gasteiger partial charge in [-0.25, -0.2) is 4.79 Å². The van der Waals surface area contributed by atoms with Gasteiger partial charge in [0.25, 0.3) is 0 Å². The van der Waals surface area contributed by atoms with E-state index in [4.69, 9.17) is 4.74 Å². The minimum absolute atomic E-state index is 0.449. The fourth-order valence-electron chi connectivity index (χ4n) is 2.48. The molecule has 1 amide bonds. The molecule has 22 heavy (non-hydrogen) atoms. The third kappa shape index (κ3) is 3.18. The number of rotatable bonds is 2. The fourth-order valence-corrected chi connectivity index (χ4v) is 2.48. The van der Waals surface area contributed by atoms with Gasteiger partial charge in [0.05, 0.1) is 22.9 Å². The zero-order valence-electron chi connectivity index (χ0n) is 13.4. The van der Waals surface area contributed by atoms with E-state index < -0.39 is 11.7 Å². The maximum atomic E-state index is 12.0. The molecule has 0 aromatic carbocycles. The predicted octanol–water partition coefficient (Wildman–Crippen LogP) is 4.16. The normalized spacial score (nSPS) is 14.9. The molecule has 0 atom stereocenters. The second-order valence-corrected chi connectivity index (χ2v) is 6.81. The molecule has 1 aliphatic carbocycles. The molecule has 5 heteroatoms. The SMILES string of the molecule is Cc1ccc2ncc(NC(=O)OC(C)(C)C)c(C3CC3)c2n1. The molecule has 2 aromatic rings. The van der Waals surface area contributed by atoms with Crippen LogP contribution in [0.25, 0.3) is 11.0 Å². The number of amides is 1. The van der Waals surface area contributed by atoms with Gasteiger partial charge in [-0.05, 0) is 58.6 Å². The molecule has 1 saturated carbocycles. The van der Waals surface area contributed by atoms with Gasteiger partial charge in [0.1, 0.15) is 5.60 Å². The number of hydrogen-bond donors (Lipinski definition) is 1. The van der Waals surface area contributed by atoms with E-state index >= 15 is 0 Å². The topological polar surface area (TPSA) is 64.1 Å². The first-order valence-electron chi connectivity index (χ1n) is 7.60. The van der Waals surface area contributed by atoms with Crippen molar-refractivity contribution in [3.8, 4) is 0 Å². The quantitative estimate of drug-likeness (QED) is 0.904.